The van der Waals surface area contributed by atoms with E-state index in [9.17, 15) is 14.9 Å². The predicted molar refractivity (Wildman–Crippen MR) is 105 cm³/mol. The molecule has 10 heteroatoms. The van der Waals surface area contributed by atoms with Crippen LogP contribution in [-0.2, 0) is 6.54 Å². The molecule has 0 aliphatic heterocycles. The number of methoxy groups -OCH3 is 1. The molecule has 10 nitrogen and oxygen atoms in total. The molecule has 0 unspecified atom stereocenters. The Labute approximate surface area is 166 Å². The molecule has 3 rings (SSSR count). The van der Waals surface area contributed by atoms with Gasteiger partial charge in [0.25, 0.3) is 5.91 Å². The molecule has 148 valence electrons. The summed E-state index contributed by atoms with van der Waals surface area (Å²) < 4.78 is 6.67. The molecule has 0 fully saturated rings. The van der Waals surface area contributed by atoms with E-state index in [0.29, 0.717) is 16.9 Å². The fraction of sp³-hybridized carbons (Fsp3) is 0.158. The van der Waals surface area contributed by atoms with Crippen molar-refractivity contribution >= 4 is 18.1 Å². The van der Waals surface area contributed by atoms with Crippen molar-refractivity contribution < 1.29 is 14.5 Å². The lowest BCUT2D eigenvalue weighted by Gasteiger charge is -2.08. The number of hydrogen-bond donors (Lipinski definition) is 1. The first-order valence-electron chi connectivity index (χ1n) is 8.57. The van der Waals surface area contributed by atoms with Crippen LogP contribution in [0, 0.1) is 17.0 Å². The minimum atomic E-state index is -0.659. The summed E-state index contributed by atoms with van der Waals surface area (Å²) in [7, 11) is 1.53. The second-order valence-electron chi connectivity index (χ2n) is 6.14. The number of nitrogens with one attached hydrogen (secondary N) is 1. The van der Waals surface area contributed by atoms with Gasteiger partial charge in [0.05, 0.1) is 19.9 Å². The number of nitro groups is 1. The van der Waals surface area contributed by atoms with Crippen LogP contribution in [0.15, 0.2) is 53.9 Å². The lowest BCUT2D eigenvalue weighted by Crippen LogP contribution is -2.17. The van der Waals surface area contributed by atoms with Gasteiger partial charge in [-0.25, -0.2) is 5.43 Å². The molecule has 3 aromatic rings. The fourth-order valence-electron chi connectivity index (χ4n) is 2.64. The summed E-state index contributed by atoms with van der Waals surface area (Å²) in [5, 5.41) is 18.5. The number of hydrogen-bond acceptors (Lipinski definition) is 7. The van der Waals surface area contributed by atoms with Gasteiger partial charge in [0.15, 0.2) is 0 Å². The Hall–Kier alpha value is -4.08. The number of benzene rings is 2. The normalized spacial score (nSPS) is 10.8. The first-order valence-corrected chi connectivity index (χ1v) is 8.57. The third-order valence-electron chi connectivity index (χ3n) is 3.98. The average Bonchev–Trinajstić information content (AvgIpc) is 3.17. The summed E-state index contributed by atoms with van der Waals surface area (Å²) in [5.74, 6) is -0.196. The van der Waals surface area contributed by atoms with Crippen LogP contribution in [0.5, 0.6) is 5.75 Å². The van der Waals surface area contributed by atoms with Crippen LogP contribution in [0.4, 0.5) is 5.95 Å². The number of carbonyl (C=O) groups is 1. The fourth-order valence-corrected chi connectivity index (χ4v) is 2.64. The number of aryl methyl sites for hydroxylation is 1. The van der Waals surface area contributed by atoms with E-state index >= 15 is 0 Å². The lowest BCUT2D eigenvalue weighted by molar-refractivity contribution is -0.394. The van der Waals surface area contributed by atoms with Crippen molar-refractivity contribution in [3.8, 4) is 5.75 Å². The lowest BCUT2D eigenvalue weighted by atomic mass is 10.1. The molecule has 0 aliphatic rings. The molecule has 0 spiro atoms. The monoisotopic (exact) mass is 394 g/mol. The van der Waals surface area contributed by atoms with Gasteiger partial charge in [0.1, 0.15) is 5.75 Å². The number of ether oxygens (including phenoxy) is 1. The van der Waals surface area contributed by atoms with Gasteiger partial charge in [0, 0.05) is 16.2 Å². The Morgan fingerprint density at radius 1 is 1.34 bits per heavy atom. The van der Waals surface area contributed by atoms with E-state index in [2.05, 4.69) is 20.6 Å². The first-order chi connectivity index (χ1) is 14.0. The molecule has 0 saturated heterocycles. The van der Waals surface area contributed by atoms with Gasteiger partial charge in [-0.05, 0) is 47.7 Å². The Kier molecular flexibility index (Phi) is 5.93. The Morgan fingerprint density at radius 2 is 2.17 bits per heavy atom. The Bertz CT molecular complexity index is 1080. The summed E-state index contributed by atoms with van der Waals surface area (Å²) >= 11 is 0. The van der Waals surface area contributed by atoms with Crippen LogP contribution in [0.25, 0.3) is 0 Å². The quantitative estimate of drug-likeness (QED) is 0.372. The summed E-state index contributed by atoms with van der Waals surface area (Å²) in [6.45, 7) is 2.13. The van der Waals surface area contributed by atoms with Gasteiger partial charge >= 0.3 is 5.95 Å². The minimum Gasteiger partial charge on any atom is -0.496 e. The minimum absolute atomic E-state index is 0.224. The second kappa shape index (κ2) is 8.74. The largest absolute Gasteiger partial charge is 0.496 e. The molecule has 0 atom stereocenters. The van der Waals surface area contributed by atoms with Crippen molar-refractivity contribution in [3.05, 3.63) is 81.2 Å². The molecule has 0 saturated carbocycles. The van der Waals surface area contributed by atoms with Crippen molar-refractivity contribution in [2.45, 2.75) is 13.5 Å². The highest BCUT2D eigenvalue weighted by Crippen LogP contribution is 2.20. The van der Waals surface area contributed by atoms with E-state index < -0.39 is 10.9 Å². The number of amides is 1. The summed E-state index contributed by atoms with van der Waals surface area (Å²) in [4.78, 5) is 25.8. The number of hydrazone groups is 1. The van der Waals surface area contributed by atoms with Crippen molar-refractivity contribution in [3.63, 3.8) is 0 Å². The molecule has 1 aromatic heterocycles. The van der Waals surface area contributed by atoms with Gasteiger partial charge in [-0.1, -0.05) is 22.7 Å². The third-order valence-corrected chi connectivity index (χ3v) is 3.98. The smallest absolute Gasteiger partial charge is 0.490 e. The van der Waals surface area contributed by atoms with Gasteiger partial charge in [-0.2, -0.15) is 9.78 Å². The van der Waals surface area contributed by atoms with Crippen molar-refractivity contribution in [2.24, 2.45) is 5.10 Å². The zero-order chi connectivity index (χ0) is 20.8. The zero-order valence-corrected chi connectivity index (χ0v) is 15.8. The first kappa shape index (κ1) is 19.7. The summed E-state index contributed by atoms with van der Waals surface area (Å²) in [6.07, 6.45) is 2.78. The summed E-state index contributed by atoms with van der Waals surface area (Å²) in [5.41, 5.74) is 5.42. The van der Waals surface area contributed by atoms with E-state index in [1.54, 1.807) is 36.4 Å². The van der Waals surface area contributed by atoms with E-state index in [0.717, 1.165) is 11.1 Å². The highest BCUT2D eigenvalue weighted by Gasteiger charge is 2.15. The topological polar surface area (TPSA) is 125 Å². The Morgan fingerprint density at radius 3 is 2.86 bits per heavy atom. The highest BCUT2D eigenvalue weighted by atomic mass is 16.6. The van der Waals surface area contributed by atoms with Crippen LogP contribution in [0.3, 0.4) is 0 Å². The van der Waals surface area contributed by atoms with Crippen LogP contribution >= 0.6 is 0 Å². The van der Waals surface area contributed by atoms with E-state index in [1.165, 1.54) is 24.3 Å². The predicted octanol–water partition coefficient (Wildman–Crippen LogP) is 2.32. The molecular weight excluding hydrogens is 376 g/mol. The van der Waals surface area contributed by atoms with Crippen molar-refractivity contribution in [2.75, 3.05) is 7.11 Å². The SMILES string of the molecule is COc1ccc(/C=N/NC(=O)c2cccc(C)c2)cc1Cn1cnc([N+](=O)[O-])n1. The maximum atomic E-state index is 12.1. The molecule has 1 heterocycles. The van der Waals surface area contributed by atoms with E-state index in [-0.39, 0.29) is 12.5 Å². The number of rotatable bonds is 7. The average molecular weight is 394 g/mol. The van der Waals surface area contributed by atoms with Crippen LogP contribution < -0.4 is 10.2 Å². The molecule has 1 N–H and O–H groups in total. The molecule has 0 aliphatic carbocycles. The molecule has 1 amide bonds. The Balaban J connectivity index is 1.72. The number of aromatic nitrogens is 3. The van der Waals surface area contributed by atoms with Crippen LogP contribution in [0.1, 0.15) is 27.0 Å². The molecule has 2 aromatic carbocycles. The van der Waals surface area contributed by atoms with Crippen molar-refractivity contribution in [1.29, 1.82) is 0 Å². The highest BCUT2D eigenvalue weighted by molar-refractivity contribution is 5.95. The van der Waals surface area contributed by atoms with E-state index in [4.69, 9.17) is 4.74 Å². The van der Waals surface area contributed by atoms with Gasteiger partial charge in [-0.15, -0.1) is 0 Å². The molecular formula is C19H18N6O4. The molecule has 0 radical (unpaired) electrons. The summed E-state index contributed by atoms with van der Waals surface area (Å²) in [6, 6.07) is 12.5. The standard InChI is InChI=1S/C19H18N6O4/c1-13-4-3-5-15(8-13)18(26)22-21-10-14-6-7-17(29-2)16(9-14)11-24-12-20-19(23-24)25(27)28/h3-10,12H,11H2,1-2H3,(H,22,26)/b21-10+. The number of carbonyl (C=O) groups excluding carboxylic acids is 1. The van der Waals surface area contributed by atoms with E-state index in [1.807, 2.05) is 13.0 Å². The number of nitrogens with zero attached hydrogens (tertiary/aromatic N) is 5. The van der Waals surface area contributed by atoms with Crippen molar-refractivity contribution in [1.82, 2.24) is 20.2 Å². The third kappa shape index (κ3) is 5.01. The second-order valence-corrected chi connectivity index (χ2v) is 6.14. The van der Waals surface area contributed by atoms with Crippen LogP contribution in [-0.4, -0.2) is 38.9 Å². The maximum Gasteiger partial charge on any atom is 0.490 e. The maximum absolute atomic E-state index is 12.1. The van der Waals surface area contributed by atoms with Crippen LogP contribution in [0.2, 0.25) is 0 Å². The van der Waals surface area contributed by atoms with Gasteiger partial charge < -0.3 is 14.9 Å². The van der Waals surface area contributed by atoms with Gasteiger partial charge in [0.2, 0.25) is 6.33 Å². The van der Waals surface area contributed by atoms with Gasteiger partial charge in [-0.3, -0.25) is 4.79 Å². The molecule has 0 bridgehead atoms. The zero-order valence-electron chi connectivity index (χ0n) is 15.8. The molecule has 29 heavy (non-hydrogen) atoms.